The standard InChI is InChI=1S/C26H23N4O2.CO2.Na/c1-18-25(27-26(31)32-17-19-5-3-2-4-6-19)30(29-28-18)24-15-13-23(14-16-24)22-11-9-21(10-12-22)20-7-8-20;2-1-3;/h2-6,9-16H,7-8,17H2,1H3,(H,27,31);;/q-1;;+1. The topological polar surface area (TPSA) is 103 Å². The molecule has 1 aliphatic carbocycles. The molecule has 9 heteroatoms. The van der Waals surface area contributed by atoms with Gasteiger partial charge < -0.3 is 4.74 Å². The van der Waals surface area contributed by atoms with E-state index in [-0.39, 0.29) is 42.3 Å². The number of carbonyl (C=O) groups is 1. The van der Waals surface area contributed by atoms with Gasteiger partial charge in [-0.15, -0.1) is 17.2 Å². The van der Waals surface area contributed by atoms with Crippen LogP contribution in [0.15, 0.2) is 78.9 Å². The number of ether oxygens (including phenoxy) is 1. The van der Waals surface area contributed by atoms with Gasteiger partial charge in [0.05, 0.1) is 5.69 Å². The van der Waals surface area contributed by atoms with Gasteiger partial charge in [0.2, 0.25) is 0 Å². The first-order valence-electron chi connectivity index (χ1n) is 11.0. The molecule has 1 aliphatic rings. The zero-order valence-electron chi connectivity index (χ0n) is 20.1. The predicted octanol–water partition coefficient (Wildman–Crippen LogP) is 2.13. The van der Waals surface area contributed by atoms with E-state index in [2.05, 4.69) is 39.9 Å². The third kappa shape index (κ3) is 6.93. The summed E-state index contributed by atoms with van der Waals surface area (Å²) in [6, 6.07) is 26.3. The summed E-state index contributed by atoms with van der Waals surface area (Å²) in [5.74, 6) is 2.03. The van der Waals surface area contributed by atoms with Crippen LogP contribution >= 0.6 is 0 Å². The van der Waals surface area contributed by atoms with Crippen molar-refractivity contribution in [1.82, 2.24) is 15.0 Å². The molecule has 0 saturated heterocycles. The van der Waals surface area contributed by atoms with Gasteiger partial charge in [0.1, 0.15) is 12.3 Å². The second-order valence-electron chi connectivity index (χ2n) is 7.93. The number of benzene rings is 3. The number of aromatic nitrogens is 3. The molecule has 0 spiro atoms. The van der Waals surface area contributed by atoms with E-state index in [4.69, 9.17) is 14.3 Å². The van der Waals surface area contributed by atoms with E-state index in [1.54, 1.807) is 11.6 Å². The number of anilines is 1. The SMILES string of the molecule is Cc1nnn(-c2ccc(-c3ccc([C-]4CC4)cc3)cc2)c1NC(=O)OCc1ccccc1.O=C=O.[Na+]. The van der Waals surface area contributed by atoms with E-state index in [1.165, 1.54) is 29.9 Å². The van der Waals surface area contributed by atoms with Crippen molar-refractivity contribution in [2.24, 2.45) is 0 Å². The number of hydrogen-bond donors (Lipinski definition) is 1. The van der Waals surface area contributed by atoms with E-state index in [9.17, 15) is 4.79 Å². The summed E-state index contributed by atoms with van der Waals surface area (Å²) in [4.78, 5) is 28.6. The Labute approximate surface area is 231 Å². The summed E-state index contributed by atoms with van der Waals surface area (Å²) in [6.45, 7) is 1.99. The Morgan fingerprint density at radius 1 is 0.972 bits per heavy atom. The summed E-state index contributed by atoms with van der Waals surface area (Å²) in [6.07, 6.45) is 2.15. The molecule has 0 bridgehead atoms. The summed E-state index contributed by atoms with van der Waals surface area (Å²) in [5, 5.41) is 11.1. The van der Waals surface area contributed by atoms with Crippen molar-refractivity contribution < 1.29 is 48.7 Å². The van der Waals surface area contributed by atoms with E-state index in [1.807, 2.05) is 54.6 Å². The van der Waals surface area contributed by atoms with E-state index >= 15 is 0 Å². The summed E-state index contributed by atoms with van der Waals surface area (Å²) in [7, 11) is 0. The average molecular weight is 490 g/mol. The van der Waals surface area contributed by atoms with Crippen LogP contribution in [0, 0.1) is 12.8 Å². The largest absolute Gasteiger partial charge is 1.00 e. The molecule has 176 valence electrons. The average Bonchev–Trinajstić information content (AvgIpc) is 3.68. The molecule has 0 aliphatic heterocycles. The molecule has 1 aromatic heterocycles. The number of amides is 1. The Morgan fingerprint density at radius 2 is 1.56 bits per heavy atom. The first-order valence-corrected chi connectivity index (χ1v) is 11.0. The molecule has 3 aromatic carbocycles. The van der Waals surface area contributed by atoms with Crippen LogP contribution in [-0.4, -0.2) is 27.2 Å². The van der Waals surface area contributed by atoms with Crippen LogP contribution in [0.5, 0.6) is 0 Å². The Hall–Kier alpha value is -3.68. The molecular formula is C27H23N4NaO4. The number of hydrogen-bond acceptors (Lipinski definition) is 6. The third-order valence-corrected chi connectivity index (χ3v) is 5.51. The van der Waals surface area contributed by atoms with Crippen molar-refractivity contribution in [2.45, 2.75) is 26.4 Å². The van der Waals surface area contributed by atoms with Crippen molar-refractivity contribution >= 4 is 18.1 Å². The molecule has 1 heterocycles. The van der Waals surface area contributed by atoms with Gasteiger partial charge in [0.15, 0.2) is 5.82 Å². The molecule has 0 unspecified atom stereocenters. The van der Waals surface area contributed by atoms with Gasteiger partial charge in [0.25, 0.3) is 0 Å². The zero-order valence-corrected chi connectivity index (χ0v) is 22.1. The van der Waals surface area contributed by atoms with Gasteiger partial charge in [-0.05, 0) is 35.7 Å². The van der Waals surface area contributed by atoms with Gasteiger partial charge in [0, 0.05) is 0 Å². The molecule has 4 aromatic rings. The second-order valence-corrected chi connectivity index (χ2v) is 7.93. The zero-order chi connectivity index (χ0) is 24.6. The molecule has 5 rings (SSSR count). The van der Waals surface area contributed by atoms with Crippen molar-refractivity contribution in [2.75, 3.05) is 5.32 Å². The third-order valence-electron chi connectivity index (χ3n) is 5.51. The van der Waals surface area contributed by atoms with Gasteiger partial charge in [-0.1, -0.05) is 60.5 Å². The Kier molecular flexibility index (Phi) is 9.61. The number of carbonyl (C=O) groups excluding carboxylic acids is 3. The van der Waals surface area contributed by atoms with Crippen molar-refractivity contribution in [1.29, 1.82) is 0 Å². The minimum absolute atomic E-state index is 0. The van der Waals surface area contributed by atoms with Crippen molar-refractivity contribution in [3.63, 3.8) is 0 Å². The fraction of sp³-hybridized carbons (Fsp3) is 0.148. The quantitative estimate of drug-likeness (QED) is 0.328. The fourth-order valence-corrected chi connectivity index (χ4v) is 3.58. The molecule has 1 amide bonds. The molecule has 1 N–H and O–H groups in total. The van der Waals surface area contributed by atoms with Gasteiger partial charge in [-0.25, -0.2) is 4.79 Å². The van der Waals surface area contributed by atoms with Crippen LogP contribution < -0.4 is 34.9 Å². The van der Waals surface area contributed by atoms with Crippen molar-refractivity contribution in [3.05, 3.63) is 102 Å². The van der Waals surface area contributed by atoms with Crippen molar-refractivity contribution in [3.8, 4) is 16.8 Å². The first-order chi connectivity index (χ1) is 17.1. The molecule has 0 radical (unpaired) electrons. The predicted molar refractivity (Wildman–Crippen MR) is 128 cm³/mol. The van der Waals surface area contributed by atoms with Crippen LogP contribution in [0.25, 0.3) is 16.8 Å². The number of nitrogens with zero attached hydrogens (tertiary/aromatic N) is 3. The van der Waals surface area contributed by atoms with Gasteiger partial charge in [-0.2, -0.15) is 37.9 Å². The maximum Gasteiger partial charge on any atom is 1.00 e. The summed E-state index contributed by atoms with van der Waals surface area (Å²) in [5.41, 5.74) is 5.97. The number of nitrogens with one attached hydrogen (secondary N) is 1. The molecule has 0 atom stereocenters. The Bertz CT molecular complexity index is 1310. The van der Waals surface area contributed by atoms with Crippen LogP contribution in [0.2, 0.25) is 0 Å². The molecular weight excluding hydrogens is 467 g/mol. The van der Waals surface area contributed by atoms with E-state index < -0.39 is 6.09 Å². The van der Waals surface area contributed by atoms with Crippen LogP contribution in [0.1, 0.15) is 29.7 Å². The number of aryl methyl sites for hydroxylation is 1. The molecule has 1 fully saturated rings. The molecule has 8 nitrogen and oxygen atoms in total. The van der Waals surface area contributed by atoms with Crippen LogP contribution in [-0.2, 0) is 20.9 Å². The van der Waals surface area contributed by atoms with Crippen LogP contribution in [0.3, 0.4) is 0 Å². The Balaban J connectivity index is 0.000000861. The summed E-state index contributed by atoms with van der Waals surface area (Å²) >= 11 is 0. The van der Waals surface area contributed by atoms with Gasteiger partial charge >= 0.3 is 41.8 Å². The van der Waals surface area contributed by atoms with Crippen LogP contribution in [0.4, 0.5) is 10.6 Å². The maximum atomic E-state index is 12.3. The first kappa shape index (κ1) is 26.9. The van der Waals surface area contributed by atoms with E-state index in [0.717, 1.165) is 16.8 Å². The van der Waals surface area contributed by atoms with Gasteiger partial charge in [-0.3, -0.25) is 5.32 Å². The molecule has 36 heavy (non-hydrogen) atoms. The Morgan fingerprint density at radius 3 is 2.14 bits per heavy atom. The fourth-order valence-electron chi connectivity index (χ4n) is 3.58. The smallest absolute Gasteiger partial charge is 0.444 e. The second kappa shape index (κ2) is 12.9. The normalized spacial score (nSPS) is 11.3. The monoisotopic (exact) mass is 490 g/mol. The number of rotatable bonds is 6. The minimum Gasteiger partial charge on any atom is -0.444 e. The minimum atomic E-state index is -0.550. The summed E-state index contributed by atoms with van der Waals surface area (Å²) < 4.78 is 6.94. The maximum absolute atomic E-state index is 12.3. The molecule has 1 saturated carbocycles. The van der Waals surface area contributed by atoms with E-state index in [0.29, 0.717) is 11.5 Å².